The fourth-order valence-electron chi connectivity index (χ4n) is 1.89. The van der Waals surface area contributed by atoms with Crippen LogP contribution in [0.4, 0.5) is 0 Å². The van der Waals surface area contributed by atoms with E-state index in [2.05, 4.69) is 29.2 Å². The molecule has 4 nitrogen and oxygen atoms in total. The molecule has 0 bridgehead atoms. The van der Waals surface area contributed by atoms with E-state index in [1.807, 2.05) is 37.3 Å². The Balaban J connectivity index is 3.57. The van der Waals surface area contributed by atoms with Gasteiger partial charge in [-0.2, -0.15) is 0 Å². The molecule has 1 unspecified atom stereocenters. The highest BCUT2D eigenvalue weighted by molar-refractivity contribution is 5.66. The monoisotopic (exact) mass is 334 g/mol. The molecule has 0 fully saturated rings. The third kappa shape index (κ3) is 16.5. The molecule has 0 radical (unpaired) electrons. The predicted molar refractivity (Wildman–Crippen MR) is 98.8 cm³/mol. The summed E-state index contributed by atoms with van der Waals surface area (Å²) in [6, 6.07) is 0. The van der Waals surface area contributed by atoms with Gasteiger partial charge in [0.05, 0.1) is 0 Å². The van der Waals surface area contributed by atoms with Crippen molar-refractivity contribution in [3.8, 4) is 0 Å². The molecule has 0 saturated carbocycles. The summed E-state index contributed by atoms with van der Waals surface area (Å²) in [6.45, 7) is 1.88. The molecule has 0 aromatic carbocycles. The Hall–Kier alpha value is -1.91. The van der Waals surface area contributed by atoms with E-state index in [0.717, 1.165) is 32.1 Å². The molecule has 134 valence electrons. The van der Waals surface area contributed by atoms with Crippen LogP contribution in [0.25, 0.3) is 0 Å². The zero-order valence-electron chi connectivity index (χ0n) is 14.5. The second-order valence-electron chi connectivity index (χ2n) is 5.26. The molecular weight excluding hydrogens is 304 g/mol. The number of allylic oxidation sites excluding steroid dienone is 8. The number of carboxylic acids is 1. The Kier molecular flexibility index (Phi) is 16.1. The van der Waals surface area contributed by atoms with Gasteiger partial charge in [-0.05, 0) is 45.4 Å². The molecular formula is C20H30O4. The summed E-state index contributed by atoms with van der Waals surface area (Å²) in [5.74, 6) is -0.748. The lowest BCUT2D eigenvalue weighted by atomic mass is 10.2. The van der Waals surface area contributed by atoms with Crippen molar-refractivity contribution in [1.82, 2.24) is 0 Å². The van der Waals surface area contributed by atoms with E-state index in [4.69, 9.17) is 10.4 Å². The van der Waals surface area contributed by atoms with Crippen LogP contribution in [0, 0.1) is 0 Å². The van der Waals surface area contributed by atoms with Gasteiger partial charge in [-0.25, -0.2) is 4.89 Å². The largest absolute Gasteiger partial charge is 0.481 e. The van der Waals surface area contributed by atoms with Gasteiger partial charge < -0.3 is 5.11 Å². The van der Waals surface area contributed by atoms with Crippen molar-refractivity contribution in [2.24, 2.45) is 0 Å². The van der Waals surface area contributed by atoms with E-state index in [9.17, 15) is 4.79 Å². The first-order valence-electron chi connectivity index (χ1n) is 8.47. The van der Waals surface area contributed by atoms with Crippen molar-refractivity contribution < 1.29 is 20.0 Å². The van der Waals surface area contributed by atoms with Gasteiger partial charge in [-0.15, -0.1) is 0 Å². The van der Waals surface area contributed by atoms with E-state index >= 15 is 0 Å². The molecule has 4 heteroatoms. The van der Waals surface area contributed by atoms with Gasteiger partial charge in [0, 0.05) is 6.42 Å². The molecule has 0 aliphatic heterocycles. The van der Waals surface area contributed by atoms with Crippen LogP contribution in [0.5, 0.6) is 0 Å². The molecule has 2 N–H and O–H groups in total. The van der Waals surface area contributed by atoms with Gasteiger partial charge in [-0.3, -0.25) is 10.1 Å². The molecule has 1 atom stereocenters. The number of hydrogen-bond acceptors (Lipinski definition) is 3. The van der Waals surface area contributed by atoms with Crippen LogP contribution in [0.2, 0.25) is 0 Å². The Morgan fingerprint density at radius 1 is 0.875 bits per heavy atom. The fraction of sp³-hybridized carbons (Fsp3) is 0.450. The molecule has 0 aromatic rings. The highest BCUT2D eigenvalue weighted by Crippen LogP contribution is 2.01. The fourth-order valence-corrected chi connectivity index (χ4v) is 1.89. The summed E-state index contributed by atoms with van der Waals surface area (Å²) < 4.78 is 0. The first-order chi connectivity index (χ1) is 11.7. The first kappa shape index (κ1) is 22.1. The second kappa shape index (κ2) is 17.4. The maximum absolute atomic E-state index is 10.3. The lowest BCUT2D eigenvalue weighted by Crippen LogP contribution is -2.01. The summed E-state index contributed by atoms with van der Waals surface area (Å²) in [6.07, 6.45) is 25.2. The topological polar surface area (TPSA) is 66.8 Å². The normalized spacial score (nSPS) is 14.1. The molecule has 0 amide bonds. The lowest BCUT2D eigenvalue weighted by Gasteiger charge is -2.00. The van der Waals surface area contributed by atoms with Gasteiger partial charge in [-0.1, -0.05) is 60.8 Å². The molecule has 0 rings (SSSR count). The highest BCUT2D eigenvalue weighted by atomic mass is 17.1. The molecule has 0 heterocycles. The van der Waals surface area contributed by atoms with Crippen molar-refractivity contribution in [2.75, 3.05) is 0 Å². The number of carboxylic acid groups (broad SMARTS) is 1. The molecule has 0 saturated heterocycles. The maximum Gasteiger partial charge on any atom is 0.303 e. The van der Waals surface area contributed by atoms with Crippen LogP contribution in [-0.2, 0) is 9.68 Å². The first-order valence-corrected chi connectivity index (χ1v) is 8.47. The van der Waals surface area contributed by atoms with Gasteiger partial charge in [0.25, 0.3) is 0 Å². The van der Waals surface area contributed by atoms with Gasteiger partial charge in [0.1, 0.15) is 6.10 Å². The average molecular weight is 334 g/mol. The van der Waals surface area contributed by atoms with Crippen molar-refractivity contribution in [1.29, 1.82) is 0 Å². The van der Waals surface area contributed by atoms with Crippen molar-refractivity contribution in [2.45, 2.75) is 58.0 Å². The predicted octanol–water partition coefficient (Wildman–Crippen LogP) is 5.46. The summed E-state index contributed by atoms with van der Waals surface area (Å²) in [5, 5.41) is 17.1. The van der Waals surface area contributed by atoms with Crippen LogP contribution in [0.1, 0.15) is 51.9 Å². The zero-order chi connectivity index (χ0) is 17.9. The van der Waals surface area contributed by atoms with Crippen molar-refractivity contribution >= 4 is 5.97 Å². The molecule has 24 heavy (non-hydrogen) atoms. The molecule has 0 spiro atoms. The summed E-state index contributed by atoms with van der Waals surface area (Å²) in [5.41, 5.74) is 0. The Morgan fingerprint density at radius 2 is 1.42 bits per heavy atom. The van der Waals surface area contributed by atoms with Gasteiger partial charge in [0.2, 0.25) is 0 Å². The van der Waals surface area contributed by atoms with Crippen molar-refractivity contribution in [3.05, 3.63) is 60.8 Å². The number of carbonyl (C=O) groups is 1. The zero-order valence-corrected chi connectivity index (χ0v) is 14.5. The SMILES string of the molecule is C/C=C/C(/C=C/C/C=C/CC/C=C/CC/C=C/CCC(=O)O)OO. The smallest absolute Gasteiger partial charge is 0.303 e. The van der Waals surface area contributed by atoms with Crippen LogP contribution in [0.3, 0.4) is 0 Å². The molecule has 0 aliphatic rings. The highest BCUT2D eigenvalue weighted by Gasteiger charge is 1.95. The number of aliphatic carboxylic acids is 1. The standard InChI is InChI=1S/C20H30O4/c1-2-16-19(24-23)17-14-12-10-8-6-4-3-5-7-9-11-13-15-18-20(21)22/h2-3,5,8,10-11,13-14,16-17,19,23H,4,6-7,9,12,15,18H2,1H3,(H,21,22)/b5-3+,10-8+,13-11+,16-2+,17-14+. The minimum Gasteiger partial charge on any atom is -0.481 e. The summed E-state index contributed by atoms with van der Waals surface area (Å²) in [4.78, 5) is 14.6. The van der Waals surface area contributed by atoms with Crippen LogP contribution in [-0.4, -0.2) is 22.4 Å². The third-order valence-corrected chi connectivity index (χ3v) is 3.13. The van der Waals surface area contributed by atoms with Crippen molar-refractivity contribution in [3.63, 3.8) is 0 Å². The van der Waals surface area contributed by atoms with Gasteiger partial charge in [0.15, 0.2) is 0 Å². The van der Waals surface area contributed by atoms with E-state index in [-0.39, 0.29) is 12.5 Å². The van der Waals surface area contributed by atoms with Crippen LogP contribution >= 0.6 is 0 Å². The average Bonchev–Trinajstić information content (AvgIpc) is 2.57. The Morgan fingerprint density at radius 3 is 1.92 bits per heavy atom. The molecule has 0 aromatic heterocycles. The minimum atomic E-state index is -0.748. The Bertz CT molecular complexity index is 445. The third-order valence-electron chi connectivity index (χ3n) is 3.13. The minimum absolute atomic E-state index is 0.205. The lowest BCUT2D eigenvalue weighted by molar-refractivity contribution is -0.254. The number of unbranched alkanes of at least 4 members (excludes halogenated alkanes) is 2. The summed E-state index contributed by atoms with van der Waals surface area (Å²) >= 11 is 0. The van der Waals surface area contributed by atoms with Gasteiger partial charge >= 0.3 is 5.97 Å². The number of hydrogen-bond donors (Lipinski definition) is 2. The van der Waals surface area contributed by atoms with E-state index in [1.54, 1.807) is 6.08 Å². The molecule has 0 aliphatic carbocycles. The Labute approximate surface area is 145 Å². The van der Waals surface area contributed by atoms with Crippen LogP contribution in [0.15, 0.2) is 60.8 Å². The summed E-state index contributed by atoms with van der Waals surface area (Å²) in [7, 11) is 0. The van der Waals surface area contributed by atoms with Crippen LogP contribution < -0.4 is 0 Å². The quantitative estimate of drug-likeness (QED) is 0.191. The van der Waals surface area contributed by atoms with E-state index in [0.29, 0.717) is 6.42 Å². The van der Waals surface area contributed by atoms with E-state index in [1.165, 1.54) is 0 Å². The number of rotatable bonds is 14. The van der Waals surface area contributed by atoms with E-state index < -0.39 is 5.97 Å². The maximum atomic E-state index is 10.3. The second-order valence-corrected chi connectivity index (χ2v) is 5.26.